The van der Waals surface area contributed by atoms with Gasteiger partial charge in [-0.05, 0) is 31.6 Å². The van der Waals surface area contributed by atoms with Gasteiger partial charge in [0.1, 0.15) is 0 Å². The molecular formula is C38H53NO5. The molecule has 6 heteroatoms. The highest BCUT2D eigenvalue weighted by Gasteiger charge is 2.59. The predicted molar refractivity (Wildman–Crippen MR) is 175 cm³/mol. The van der Waals surface area contributed by atoms with E-state index in [4.69, 9.17) is 14.2 Å². The van der Waals surface area contributed by atoms with E-state index in [2.05, 4.69) is 13.0 Å². The monoisotopic (exact) mass is 603 g/mol. The van der Waals surface area contributed by atoms with Gasteiger partial charge in [0.05, 0.1) is 19.3 Å². The summed E-state index contributed by atoms with van der Waals surface area (Å²) in [5.41, 5.74) is 0.677. The van der Waals surface area contributed by atoms with Gasteiger partial charge >= 0.3 is 6.09 Å². The first-order valence-corrected chi connectivity index (χ1v) is 17.0. The van der Waals surface area contributed by atoms with Crippen molar-refractivity contribution in [2.24, 2.45) is 5.92 Å². The van der Waals surface area contributed by atoms with Crippen LogP contribution in [0.3, 0.4) is 0 Å². The summed E-state index contributed by atoms with van der Waals surface area (Å²) in [6.07, 6.45) is 17.2. The smallest absolute Gasteiger partial charge is 0.418 e. The Kier molecular flexibility index (Phi) is 13.1. The largest absolute Gasteiger partial charge is 0.430 e. The van der Waals surface area contributed by atoms with Crippen LogP contribution in [-0.2, 0) is 24.6 Å². The molecule has 4 rings (SSSR count). The molecular weight excluding hydrogens is 550 g/mol. The summed E-state index contributed by atoms with van der Waals surface area (Å²) in [6.45, 7) is 7.76. The van der Waals surface area contributed by atoms with E-state index in [0.717, 1.165) is 56.1 Å². The molecule has 0 bridgehead atoms. The molecule has 2 aromatic carbocycles. The van der Waals surface area contributed by atoms with Crippen LogP contribution in [0.4, 0.5) is 4.79 Å². The molecule has 0 spiro atoms. The van der Waals surface area contributed by atoms with Gasteiger partial charge < -0.3 is 14.2 Å². The summed E-state index contributed by atoms with van der Waals surface area (Å²) in [5, 5.41) is 0. The van der Waals surface area contributed by atoms with Gasteiger partial charge in [-0.3, -0.25) is 4.79 Å². The molecule has 2 amide bonds. The number of hydrogen-bond donors (Lipinski definition) is 0. The van der Waals surface area contributed by atoms with Crippen molar-refractivity contribution in [1.82, 2.24) is 4.90 Å². The van der Waals surface area contributed by atoms with Crippen molar-refractivity contribution in [3.8, 4) is 0 Å². The van der Waals surface area contributed by atoms with Gasteiger partial charge in [0.2, 0.25) is 5.91 Å². The molecule has 1 unspecified atom stereocenters. The lowest BCUT2D eigenvalue weighted by Crippen LogP contribution is -2.49. The van der Waals surface area contributed by atoms with Crippen molar-refractivity contribution in [2.75, 3.05) is 13.2 Å². The number of ether oxygens (including phenoxy) is 3. The molecule has 2 aromatic rings. The summed E-state index contributed by atoms with van der Waals surface area (Å²) in [4.78, 5) is 28.3. The van der Waals surface area contributed by atoms with Crippen LogP contribution < -0.4 is 0 Å². The maximum atomic E-state index is 13.5. The highest BCUT2D eigenvalue weighted by Crippen LogP contribution is 2.47. The van der Waals surface area contributed by atoms with Crippen molar-refractivity contribution in [3.05, 3.63) is 83.9 Å². The third kappa shape index (κ3) is 8.39. The number of carbonyl (C=O) groups excluding carboxylic acids is 2. The number of benzene rings is 2. The minimum Gasteiger partial charge on any atom is -0.430 e. The van der Waals surface area contributed by atoms with Gasteiger partial charge in [0, 0.05) is 30.4 Å². The minimum absolute atomic E-state index is 0.0185. The molecule has 0 saturated carbocycles. The zero-order valence-corrected chi connectivity index (χ0v) is 27.2. The van der Waals surface area contributed by atoms with Gasteiger partial charge in [0.15, 0.2) is 11.4 Å². The minimum atomic E-state index is -1.06. The fraction of sp³-hybridized carbons (Fsp3) is 0.579. The summed E-state index contributed by atoms with van der Waals surface area (Å²) < 4.78 is 18.3. The Balaban J connectivity index is 1.26. The normalized spacial score (nSPS) is 19.2. The highest BCUT2D eigenvalue weighted by molar-refractivity contribution is 5.95. The number of nitrogens with zero attached hydrogens (tertiary/aromatic N) is 1. The molecule has 2 heterocycles. The van der Waals surface area contributed by atoms with Crippen molar-refractivity contribution in [2.45, 2.75) is 122 Å². The first-order chi connectivity index (χ1) is 21.4. The maximum Gasteiger partial charge on any atom is 0.418 e. The lowest BCUT2D eigenvalue weighted by Gasteiger charge is -2.37. The number of imide groups is 1. The molecule has 2 aliphatic heterocycles. The highest BCUT2D eigenvalue weighted by atomic mass is 16.7. The molecule has 6 nitrogen and oxygen atoms in total. The van der Waals surface area contributed by atoms with E-state index >= 15 is 0 Å². The van der Waals surface area contributed by atoms with Crippen LogP contribution in [0.25, 0.3) is 0 Å². The lowest BCUT2D eigenvalue weighted by atomic mass is 9.75. The Labute approximate surface area is 265 Å². The Bertz CT molecular complexity index is 1130. The number of amides is 2. The first kappa shape index (κ1) is 33.9. The number of cyclic esters (lactones) is 1. The van der Waals surface area contributed by atoms with E-state index in [1.807, 2.05) is 80.6 Å². The standard InChI is InChI=1S/C38H53NO5/c1-4-5-6-11-20-27-37(42-29-30-43-37)28-21-12-9-7-8-10-19-26-34(40)39-35(31(2)3)38(44-36(39)41,32-22-15-13-16-23-32)33-24-17-14-18-25-33/h10,13-19,22-25,31,35H,4-9,11-12,20-21,26-30H2,1-3H3. The fourth-order valence-corrected chi connectivity index (χ4v) is 6.88. The second-order valence-corrected chi connectivity index (χ2v) is 12.7. The zero-order chi connectivity index (χ0) is 31.3. The SMILES string of the molecule is CCCCCCCC1(CCCCCCC=CCC(=O)N2C(=O)OC(c3ccccc3)(c3ccccc3)C2C(C)C)OCCO1. The number of carbonyl (C=O) groups is 2. The van der Waals surface area contributed by atoms with Crippen molar-refractivity contribution < 1.29 is 23.8 Å². The molecule has 0 aromatic heterocycles. The van der Waals surface area contributed by atoms with E-state index in [1.165, 1.54) is 37.0 Å². The molecule has 44 heavy (non-hydrogen) atoms. The summed E-state index contributed by atoms with van der Waals surface area (Å²) in [7, 11) is 0. The average Bonchev–Trinajstić information content (AvgIpc) is 3.64. The van der Waals surface area contributed by atoms with Crippen LogP contribution in [0.1, 0.15) is 115 Å². The molecule has 2 aliphatic rings. The Morgan fingerprint density at radius 3 is 1.91 bits per heavy atom. The van der Waals surface area contributed by atoms with E-state index in [1.54, 1.807) is 0 Å². The number of unbranched alkanes of at least 4 members (excludes halogenated alkanes) is 8. The number of allylic oxidation sites excluding steroid dienone is 1. The Morgan fingerprint density at radius 1 is 0.818 bits per heavy atom. The van der Waals surface area contributed by atoms with Gasteiger partial charge in [-0.25, -0.2) is 9.69 Å². The van der Waals surface area contributed by atoms with E-state index < -0.39 is 17.7 Å². The number of hydrogen-bond acceptors (Lipinski definition) is 5. The predicted octanol–water partition coefficient (Wildman–Crippen LogP) is 9.32. The van der Waals surface area contributed by atoms with Crippen LogP contribution >= 0.6 is 0 Å². The van der Waals surface area contributed by atoms with Gasteiger partial charge in [-0.2, -0.15) is 0 Å². The summed E-state index contributed by atoms with van der Waals surface area (Å²) in [5.74, 6) is -0.597. The molecule has 1 atom stereocenters. The fourth-order valence-electron chi connectivity index (χ4n) is 6.88. The van der Waals surface area contributed by atoms with Crippen LogP contribution in [0.2, 0.25) is 0 Å². The first-order valence-electron chi connectivity index (χ1n) is 17.0. The van der Waals surface area contributed by atoms with Crippen LogP contribution in [0, 0.1) is 5.92 Å². The second-order valence-electron chi connectivity index (χ2n) is 12.7. The molecule has 240 valence electrons. The van der Waals surface area contributed by atoms with Crippen LogP contribution in [0.15, 0.2) is 72.8 Å². The van der Waals surface area contributed by atoms with Gasteiger partial charge in [0.25, 0.3) is 0 Å². The van der Waals surface area contributed by atoms with Gasteiger partial charge in [-0.1, -0.05) is 132 Å². The van der Waals surface area contributed by atoms with E-state index in [9.17, 15) is 9.59 Å². The Morgan fingerprint density at radius 2 is 1.36 bits per heavy atom. The quantitative estimate of drug-likeness (QED) is 0.125. The van der Waals surface area contributed by atoms with Crippen molar-refractivity contribution >= 4 is 12.0 Å². The third-order valence-electron chi connectivity index (χ3n) is 9.06. The zero-order valence-electron chi connectivity index (χ0n) is 27.2. The van der Waals surface area contributed by atoms with E-state index in [-0.39, 0.29) is 24.0 Å². The maximum absolute atomic E-state index is 13.5. The Hall–Kier alpha value is -2.96. The summed E-state index contributed by atoms with van der Waals surface area (Å²) >= 11 is 0. The molecule has 0 N–H and O–H groups in total. The van der Waals surface area contributed by atoms with Crippen LogP contribution in [-0.4, -0.2) is 41.9 Å². The van der Waals surface area contributed by atoms with Gasteiger partial charge in [-0.15, -0.1) is 0 Å². The average molecular weight is 604 g/mol. The molecule has 2 fully saturated rings. The molecule has 0 aliphatic carbocycles. The summed E-state index contributed by atoms with van der Waals surface area (Å²) in [6, 6.07) is 19.1. The second kappa shape index (κ2) is 16.9. The van der Waals surface area contributed by atoms with E-state index in [0.29, 0.717) is 13.2 Å². The van der Waals surface area contributed by atoms with Crippen molar-refractivity contribution in [1.29, 1.82) is 0 Å². The van der Waals surface area contributed by atoms with Crippen LogP contribution in [0.5, 0.6) is 0 Å². The molecule has 0 radical (unpaired) electrons. The number of rotatable bonds is 18. The topological polar surface area (TPSA) is 65.1 Å². The lowest BCUT2D eigenvalue weighted by molar-refractivity contribution is -0.168. The molecule has 2 saturated heterocycles. The third-order valence-corrected chi connectivity index (χ3v) is 9.06. The van der Waals surface area contributed by atoms with Crippen molar-refractivity contribution in [3.63, 3.8) is 0 Å².